The Morgan fingerprint density at radius 3 is 1.64 bits per heavy atom. The van der Waals surface area contributed by atoms with E-state index in [0.29, 0.717) is 0 Å². The van der Waals surface area contributed by atoms with Gasteiger partial charge in [-0.3, -0.25) is 0 Å². The first-order valence-electron chi connectivity index (χ1n) is 12.0. The van der Waals surface area contributed by atoms with Crippen molar-refractivity contribution in [2.75, 3.05) is 4.90 Å². The van der Waals surface area contributed by atoms with Gasteiger partial charge in [-0.1, -0.05) is 113 Å². The van der Waals surface area contributed by atoms with Gasteiger partial charge in [0.05, 0.1) is 0 Å². The van der Waals surface area contributed by atoms with Gasteiger partial charge in [0.2, 0.25) is 0 Å². The Kier molecular flexibility index (Phi) is 6.11. The van der Waals surface area contributed by atoms with Crippen LogP contribution in [0.25, 0.3) is 33.0 Å². The lowest BCUT2D eigenvalue weighted by atomic mass is 9.99. The van der Waals surface area contributed by atoms with Crippen LogP contribution in [0.4, 0.5) is 17.1 Å². The van der Waals surface area contributed by atoms with Gasteiger partial charge in [0.1, 0.15) is 0 Å². The second kappa shape index (κ2) is 9.85. The van der Waals surface area contributed by atoms with E-state index in [2.05, 4.69) is 166 Å². The highest BCUT2D eigenvalue weighted by Gasteiger charge is 2.14. The average molecular weight is 526 g/mol. The van der Waals surface area contributed by atoms with E-state index in [1.165, 1.54) is 33.0 Å². The van der Waals surface area contributed by atoms with Crippen molar-refractivity contribution in [2.24, 2.45) is 0 Å². The topological polar surface area (TPSA) is 3.24 Å². The zero-order valence-corrected chi connectivity index (χ0v) is 21.3. The van der Waals surface area contributed by atoms with Crippen LogP contribution in [-0.4, -0.2) is 0 Å². The minimum absolute atomic E-state index is 1.09. The lowest BCUT2D eigenvalue weighted by Gasteiger charge is -2.26. The van der Waals surface area contributed by atoms with Crippen LogP contribution in [0.5, 0.6) is 0 Å². The summed E-state index contributed by atoms with van der Waals surface area (Å²) in [4.78, 5) is 2.33. The minimum Gasteiger partial charge on any atom is -0.310 e. The number of hydrogen-bond acceptors (Lipinski definition) is 1. The van der Waals surface area contributed by atoms with Crippen molar-refractivity contribution in [1.29, 1.82) is 0 Å². The fourth-order valence-electron chi connectivity index (χ4n) is 4.66. The molecule has 2 heteroatoms. The summed E-state index contributed by atoms with van der Waals surface area (Å²) >= 11 is 3.52. The number of hydrogen-bond donors (Lipinski definition) is 0. The second-order valence-corrected chi connectivity index (χ2v) is 9.75. The monoisotopic (exact) mass is 525 g/mol. The molecule has 0 aliphatic rings. The normalized spacial score (nSPS) is 10.9. The van der Waals surface area contributed by atoms with Gasteiger partial charge in [0.25, 0.3) is 0 Å². The molecule has 0 unspecified atom stereocenters. The largest absolute Gasteiger partial charge is 0.310 e. The third kappa shape index (κ3) is 4.56. The van der Waals surface area contributed by atoms with Gasteiger partial charge >= 0.3 is 0 Å². The van der Waals surface area contributed by atoms with Crippen LogP contribution in [0.2, 0.25) is 0 Å². The second-order valence-electron chi connectivity index (χ2n) is 8.84. The number of rotatable bonds is 5. The van der Waals surface area contributed by atoms with Crippen LogP contribution in [0.15, 0.2) is 150 Å². The van der Waals surface area contributed by atoms with Crippen LogP contribution >= 0.6 is 15.9 Å². The van der Waals surface area contributed by atoms with Crippen molar-refractivity contribution in [1.82, 2.24) is 0 Å². The van der Waals surface area contributed by atoms with E-state index >= 15 is 0 Å². The van der Waals surface area contributed by atoms with Gasteiger partial charge < -0.3 is 4.90 Å². The van der Waals surface area contributed by atoms with Gasteiger partial charge in [-0.05, 0) is 81.6 Å². The summed E-state index contributed by atoms with van der Waals surface area (Å²) in [5.74, 6) is 0. The van der Waals surface area contributed by atoms with E-state index in [9.17, 15) is 0 Å². The van der Waals surface area contributed by atoms with Crippen LogP contribution in [-0.2, 0) is 0 Å². The Labute approximate surface area is 220 Å². The first kappa shape index (κ1) is 22.3. The molecule has 0 fully saturated rings. The van der Waals surface area contributed by atoms with Crippen molar-refractivity contribution in [3.05, 3.63) is 150 Å². The zero-order chi connectivity index (χ0) is 24.3. The molecule has 0 aromatic heterocycles. The molecule has 0 spiro atoms. The molecule has 36 heavy (non-hydrogen) atoms. The lowest BCUT2D eigenvalue weighted by Crippen LogP contribution is -2.09. The summed E-state index contributed by atoms with van der Waals surface area (Å²) < 4.78 is 1.09. The number of para-hydroxylation sites is 1. The van der Waals surface area contributed by atoms with Gasteiger partial charge in [0, 0.05) is 21.5 Å². The molecule has 0 bridgehead atoms. The van der Waals surface area contributed by atoms with Crippen LogP contribution in [0, 0.1) is 0 Å². The molecule has 0 radical (unpaired) electrons. The molecule has 172 valence electrons. The standard InChI is InChI=1S/C34H24BrN/c35-31-20-17-27(18-21-31)26-13-15-28(16-14-26)30-9-6-12-33(23-30)36(32-10-2-1-3-11-32)34-22-19-25-7-4-5-8-29(25)24-34/h1-24H. The maximum Gasteiger partial charge on any atom is 0.0468 e. The summed E-state index contributed by atoms with van der Waals surface area (Å²) in [5.41, 5.74) is 8.22. The fraction of sp³-hybridized carbons (Fsp3) is 0. The molecule has 0 amide bonds. The van der Waals surface area contributed by atoms with Gasteiger partial charge in [-0.15, -0.1) is 0 Å². The number of anilines is 3. The van der Waals surface area contributed by atoms with Crippen molar-refractivity contribution in [2.45, 2.75) is 0 Å². The summed E-state index contributed by atoms with van der Waals surface area (Å²) in [6, 6.07) is 51.8. The Morgan fingerprint density at radius 2 is 0.917 bits per heavy atom. The number of halogens is 1. The van der Waals surface area contributed by atoms with Crippen molar-refractivity contribution in [3.63, 3.8) is 0 Å². The smallest absolute Gasteiger partial charge is 0.0468 e. The molecule has 6 aromatic rings. The predicted octanol–water partition coefficient (Wildman–Crippen LogP) is 10.4. The number of benzene rings is 6. The van der Waals surface area contributed by atoms with Gasteiger partial charge in [0.15, 0.2) is 0 Å². The van der Waals surface area contributed by atoms with Crippen molar-refractivity contribution >= 4 is 43.8 Å². The predicted molar refractivity (Wildman–Crippen MR) is 157 cm³/mol. The Hall–Kier alpha value is -4.14. The molecular formula is C34H24BrN. The van der Waals surface area contributed by atoms with E-state index in [1.807, 2.05) is 0 Å². The molecule has 1 nitrogen and oxygen atoms in total. The maximum absolute atomic E-state index is 3.52. The summed E-state index contributed by atoms with van der Waals surface area (Å²) in [7, 11) is 0. The Bertz CT molecular complexity index is 1620. The summed E-state index contributed by atoms with van der Waals surface area (Å²) in [6.07, 6.45) is 0. The van der Waals surface area contributed by atoms with E-state index in [0.717, 1.165) is 21.5 Å². The van der Waals surface area contributed by atoms with E-state index in [-0.39, 0.29) is 0 Å². The minimum atomic E-state index is 1.09. The molecule has 0 atom stereocenters. The molecule has 0 saturated heterocycles. The molecule has 0 N–H and O–H groups in total. The van der Waals surface area contributed by atoms with Gasteiger partial charge in [-0.2, -0.15) is 0 Å². The molecule has 0 aliphatic carbocycles. The zero-order valence-electron chi connectivity index (χ0n) is 19.7. The van der Waals surface area contributed by atoms with E-state index < -0.39 is 0 Å². The average Bonchev–Trinajstić information content (AvgIpc) is 2.94. The van der Waals surface area contributed by atoms with Gasteiger partial charge in [-0.25, -0.2) is 0 Å². The number of fused-ring (bicyclic) bond motifs is 1. The molecule has 0 aliphatic heterocycles. The first-order valence-corrected chi connectivity index (χ1v) is 12.8. The Balaban J connectivity index is 1.40. The highest BCUT2D eigenvalue weighted by atomic mass is 79.9. The third-order valence-electron chi connectivity index (χ3n) is 6.51. The quantitative estimate of drug-likeness (QED) is 0.216. The highest BCUT2D eigenvalue weighted by molar-refractivity contribution is 9.10. The Morgan fingerprint density at radius 1 is 0.361 bits per heavy atom. The maximum atomic E-state index is 3.52. The van der Waals surface area contributed by atoms with Crippen LogP contribution in [0.3, 0.4) is 0 Å². The number of nitrogens with zero attached hydrogens (tertiary/aromatic N) is 1. The SMILES string of the molecule is Brc1ccc(-c2ccc(-c3cccc(N(c4ccccc4)c4ccc5ccccc5c4)c3)cc2)cc1. The molecule has 6 aromatic carbocycles. The molecule has 0 heterocycles. The van der Waals surface area contributed by atoms with Crippen LogP contribution < -0.4 is 4.90 Å². The molecule has 0 saturated carbocycles. The lowest BCUT2D eigenvalue weighted by molar-refractivity contribution is 1.29. The molecular weight excluding hydrogens is 502 g/mol. The van der Waals surface area contributed by atoms with Crippen molar-refractivity contribution in [3.8, 4) is 22.3 Å². The first-order chi connectivity index (χ1) is 17.7. The summed E-state index contributed by atoms with van der Waals surface area (Å²) in [5, 5.41) is 2.48. The third-order valence-corrected chi connectivity index (χ3v) is 7.03. The van der Waals surface area contributed by atoms with E-state index in [1.54, 1.807) is 0 Å². The fourth-order valence-corrected chi connectivity index (χ4v) is 4.93. The van der Waals surface area contributed by atoms with Crippen molar-refractivity contribution < 1.29 is 0 Å². The highest BCUT2D eigenvalue weighted by Crippen LogP contribution is 2.38. The van der Waals surface area contributed by atoms with Crippen LogP contribution in [0.1, 0.15) is 0 Å². The summed E-state index contributed by atoms with van der Waals surface area (Å²) in [6.45, 7) is 0. The van der Waals surface area contributed by atoms with E-state index in [4.69, 9.17) is 0 Å². The molecule has 6 rings (SSSR count).